The fourth-order valence-corrected chi connectivity index (χ4v) is 6.82. The molecule has 0 bridgehead atoms. The Bertz CT molecular complexity index is 1220. The number of thioether (sulfide) groups is 1. The molecule has 1 aromatic carbocycles. The first-order chi connectivity index (χ1) is 18.9. The molecule has 0 N–H and O–H groups in total. The van der Waals surface area contributed by atoms with Crippen LogP contribution in [0.15, 0.2) is 109 Å². The minimum atomic E-state index is -1.87. The Labute approximate surface area is 236 Å². The lowest BCUT2D eigenvalue weighted by Crippen LogP contribution is -2.29. The number of imide groups is 1. The van der Waals surface area contributed by atoms with E-state index in [1.54, 1.807) is 18.2 Å². The number of anilines is 1. The van der Waals surface area contributed by atoms with Gasteiger partial charge in [0.15, 0.2) is 0 Å². The molecule has 0 radical (unpaired) electrons. The van der Waals surface area contributed by atoms with Gasteiger partial charge in [0.1, 0.15) is 5.76 Å². The number of carbonyl (C=O) groups excluding carboxylic acids is 3. The van der Waals surface area contributed by atoms with Gasteiger partial charge in [0.2, 0.25) is 8.32 Å². The van der Waals surface area contributed by atoms with Crippen LogP contribution in [-0.4, -0.2) is 44.2 Å². The first-order valence-corrected chi connectivity index (χ1v) is 17.3. The Balaban J connectivity index is 1.33. The minimum absolute atomic E-state index is 0.311. The van der Waals surface area contributed by atoms with Crippen molar-refractivity contribution >= 4 is 43.6 Å². The van der Waals surface area contributed by atoms with Gasteiger partial charge in [0.25, 0.3) is 11.8 Å². The number of hydrogen-bond acceptors (Lipinski definition) is 6. The van der Waals surface area contributed by atoms with Crippen molar-refractivity contribution in [2.75, 3.05) is 23.0 Å². The molecule has 1 heterocycles. The van der Waals surface area contributed by atoms with Crippen LogP contribution in [0.4, 0.5) is 5.69 Å². The standard InChI is InChI=1S/C31H35NO5SSi/c1-39(2,37-28-17-10-8-6-4-3-5-7-9-11-18-28)24-14-23-38-22-13-21-36-31(35)26-15-12-16-27(25-26)32-29(33)19-20-30(32)34/h3-12,15-20,25H,13-14,21-24H2,1-2H3/b4-3-,5-3?,6-4?,7-5-,8-6-,9-7?,10-8?,11-9-,17-10?,18-11?,28-17?,28-18?. The number of esters is 1. The first kappa shape index (κ1) is 29.9. The van der Waals surface area contributed by atoms with E-state index in [-0.39, 0.29) is 0 Å². The Morgan fingerprint density at radius 1 is 0.846 bits per heavy atom. The summed E-state index contributed by atoms with van der Waals surface area (Å²) in [4.78, 5) is 37.2. The lowest BCUT2D eigenvalue weighted by Gasteiger charge is -2.24. The van der Waals surface area contributed by atoms with Crippen LogP contribution in [0.2, 0.25) is 19.1 Å². The van der Waals surface area contributed by atoms with E-state index in [1.165, 1.54) is 18.2 Å². The average molecular weight is 562 g/mol. The molecule has 204 valence electrons. The summed E-state index contributed by atoms with van der Waals surface area (Å²) < 4.78 is 11.8. The van der Waals surface area contributed by atoms with Gasteiger partial charge in [-0.1, -0.05) is 60.8 Å². The maximum Gasteiger partial charge on any atom is 0.338 e. The second kappa shape index (κ2) is 15.7. The summed E-state index contributed by atoms with van der Waals surface area (Å²) in [6.07, 6.45) is 26.2. The lowest BCUT2D eigenvalue weighted by molar-refractivity contribution is -0.120. The van der Waals surface area contributed by atoms with Crippen molar-refractivity contribution in [2.45, 2.75) is 32.0 Å². The molecule has 39 heavy (non-hydrogen) atoms. The van der Waals surface area contributed by atoms with Crippen molar-refractivity contribution in [3.8, 4) is 0 Å². The number of benzene rings is 1. The molecule has 2 aliphatic rings. The van der Waals surface area contributed by atoms with Crippen molar-refractivity contribution in [3.63, 3.8) is 0 Å². The molecule has 1 aliphatic heterocycles. The summed E-state index contributed by atoms with van der Waals surface area (Å²) in [7, 11) is -1.87. The zero-order valence-corrected chi connectivity index (χ0v) is 24.3. The number of rotatable bonds is 12. The maximum atomic E-state index is 12.4. The van der Waals surface area contributed by atoms with Crippen molar-refractivity contribution in [1.29, 1.82) is 0 Å². The molecule has 1 aliphatic carbocycles. The van der Waals surface area contributed by atoms with Crippen LogP contribution in [-0.2, 0) is 18.8 Å². The van der Waals surface area contributed by atoms with E-state index in [0.717, 1.165) is 41.1 Å². The van der Waals surface area contributed by atoms with E-state index in [0.29, 0.717) is 17.9 Å². The smallest absolute Gasteiger partial charge is 0.338 e. The summed E-state index contributed by atoms with van der Waals surface area (Å²) >= 11 is 1.85. The van der Waals surface area contributed by atoms with E-state index < -0.39 is 26.1 Å². The quantitative estimate of drug-likeness (QED) is 0.123. The second-order valence-electron chi connectivity index (χ2n) is 9.43. The van der Waals surface area contributed by atoms with E-state index in [1.807, 2.05) is 78.6 Å². The fourth-order valence-electron chi connectivity index (χ4n) is 3.78. The highest BCUT2D eigenvalue weighted by molar-refractivity contribution is 7.99. The summed E-state index contributed by atoms with van der Waals surface area (Å²) in [5.41, 5.74) is 0.670. The van der Waals surface area contributed by atoms with Crippen LogP contribution in [0, 0.1) is 0 Å². The molecule has 0 aromatic heterocycles. The van der Waals surface area contributed by atoms with Gasteiger partial charge in [-0.25, -0.2) is 9.69 Å². The van der Waals surface area contributed by atoms with Crippen LogP contribution < -0.4 is 4.90 Å². The number of amides is 2. The minimum Gasteiger partial charge on any atom is -0.544 e. The topological polar surface area (TPSA) is 72.9 Å². The molecule has 0 fully saturated rings. The number of hydrogen-bond donors (Lipinski definition) is 0. The van der Waals surface area contributed by atoms with Crippen LogP contribution >= 0.6 is 11.8 Å². The van der Waals surface area contributed by atoms with Gasteiger partial charge in [-0.05, 0) is 73.8 Å². The molecule has 1 aromatic rings. The van der Waals surface area contributed by atoms with Gasteiger partial charge in [-0.15, -0.1) is 0 Å². The van der Waals surface area contributed by atoms with Crippen molar-refractivity contribution in [2.24, 2.45) is 0 Å². The third-order valence-corrected chi connectivity index (χ3v) is 9.19. The number of ether oxygens (including phenoxy) is 1. The molecule has 0 spiro atoms. The summed E-state index contributed by atoms with van der Waals surface area (Å²) in [5, 5.41) is 0. The van der Waals surface area contributed by atoms with Crippen LogP contribution in [0.5, 0.6) is 0 Å². The van der Waals surface area contributed by atoms with Crippen molar-refractivity contribution in [3.05, 3.63) is 115 Å². The number of carbonyl (C=O) groups is 3. The molecule has 0 atom stereocenters. The van der Waals surface area contributed by atoms with Crippen LogP contribution in [0.25, 0.3) is 0 Å². The first-order valence-electron chi connectivity index (χ1n) is 13.0. The molecule has 2 amide bonds. The Morgan fingerprint density at radius 2 is 1.49 bits per heavy atom. The van der Waals surface area contributed by atoms with Crippen molar-refractivity contribution in [1.82, 2.24) is 0 Å². The zero-order chi connectivity index (χ0) is 27.9. The normalized spacial score (nSPS) is 18.6. The molecule has 6 nitrogen and oxygen atoms in total. The maximum absolute atomic E-state index is 12.4. The highest BCUT2D eigenvalue weighted by Gasteiger charge is 2.26. The molecule has 0 saturated heterocycles. The molecule has 3 rings (SSSR count). The largest absolute Gasteiger partial charge is 0.544 e. The van der Waals surface area contributed by atoms with Crippen LogP contribution in [0.1, 0.15) is 23.2 Å². The predicted octanol–water partition coefficient (Wildman–Crippen LogP) is 6.69. The predicted molar refractivity (Wildman–Crippen MR) is 162 cm³/mol. The summed E-state index contributed by atoms with van der Waals surface area (Å²) in [5.74, 6) is 1.49. The van der Waals surface area contributed by atoms with E-state index >= 15 is 0 Å². The van der Waals surface area contributed by atoms with Gasteiger partial charge in [-0.3, -0.25) is 9.59 Å². The molecule has 8 heteroatoms. The van der Waals surface area contributed by atoms with Gasteiger partial charge >= 0.3 is 5.97 Å². The fraction of sp³-hybridized carbons (Fsp3) is 0.258. The van der Waals surface area contributed by atoms with Gasteiger partial charge in [0.05, 0.1) is 17.9 Å². The average Bonchev–Trinajstić information content (AvgIpc) is 3.24. The molecular weight excluding hydrogens is 526 g/mol. The lowest BCUT2D eigenvalue weighted by atomic mass is 10.2. The highest BCUT2D eigenvalue weighted by atomic mass is 32.2. The summed E-state index contributed by atoms with van der Waals surface area (Å²) in [6.45, 7) is 4.80. The second-order valence-corrected chi connectivity index (χ2v) is 14.9. The third-order valence-electron chi connectivity index (χ3n) is 5.69. The van der Waals surface area contributed by atoms with E-state index in [4.69, 9.17) is 9.16 Å². The molecule has 0 saturated carbocycles. The molecular formula is C31H35NO5SSi. The van der Waals surface area contributed by atoms with E-state index in [9.17, 15) is 14.4 Å². The number of allylic oxidation sites excluding steroid dienone is 11. The third kappa shape index (κ3) is 10.6. The number of nitrogens with zero attached hydrogens (tertiary/aromatic N) is 1. The van der Waals surface area contributed by atoms with Gasteiger partial charge in [0, 0.05) is 12.2 Å². The Morgan fingerprint density at radius 3 is 2.21 bits per heavy atom. The van der Waals surface area contributed by atoms with Crippen molar-refractivity contribution < 1.29 is 23.5 Å². The molecule has 0 unspecified atom stereocenters. The Hall–Kier alpha value is -3.62. The van der Waals surface area contributed by atoms with E-state index in [2.05, 4.69) is 13.1 Å². The zero-order valence-electron chi connectivity index (χ0n) is 22.5. The Kier molecular flexibility index (Phi) is 12.1. The van der Waals surface area contributed by atoms with Gasteiger partial charge in [-0.2, -0.15) is 11.8 Å². The highest BCUT2D eigenvalue weighted by Crippen LogP contribution is 2.22. The van der Waals surface area contributed by atoms with Crippen LogP contribution in [0.3, 0.4) is 0 Å². The summed E-state index contributed by atoms with van der Waals surface area (Å²) in [6, 6.07) is 7.42. The SMILES string of the molecule is C[Si](C)(CCCSCCCOC(=O)c1cccc(N2C(=O)C=CC2=O)c1)OC1=C\C=C/C=C\C=C/C=C\C=C1. The van der Waals surface area contributed by atoms with Gasteiger partial charge < -0.3 is 9.16 Å². The monoisotopic (exact) mass is 561 g/mol.